The number of carbonyl (C=O) groups excluding carboxylic acids is 2. The molecule has 0 bridgehead atoms. The molecule has 0 spiro atoms. The number of hydrogen-bond donors (Lipinski definition) is 1. The minimum Gasteiger partial charge on any atom is -0.340 e. The summed E-state index contributed by atoms with van der Waals surface area (Å²) in [6.45, 7) is 2.97. The van der Waals surface area contributed by atoms with E-state index in [0.717, 1.165) is 0 Å². The lowest BCUT2D eigenvalue weighted by atomic mass is 9.92. The highest BCUT2D eigenvalue weighted by Gasteiger charge is 2.42. The Bertz CT molecular complexity index is 427. The molecule has 1 aliphatic heterocycles. The maximum atomic E-state index is 13.1. The van der Waals surface area contributed by atoms with Gasteiger partial charge < -0.3 is 5.32 Å². The Balaban J connectivity index is 2.03. The summed E-state index contributed by atoms with van der Waals surface area (Å²) in [4.78, 5) is 23.1. The average molecular weight is 273 g/mol. The van der Waals surface area contributed by atoms with E-state index in [9.17, 15) is 18.4 Å². The standard InChI is InChI=1S/C12H17F2N3O2/c1-7-10(15-8(2)18)11(19)17(16-7)9-3-5-12(13,14)6-4-9/h9-10H,3-6H2,1-2H3,(H,15,18). The van der Waals surface area contributed by atoms with Crippen LogP contribution in [0.4, 0.5) is 8.78 Å². The quantitative estimate of drug-likeness (QED) is 0.824. The van der Waals surface area contributed by atoms with Gasteiger partial charge in [0.1, 0.15) is 6.04 Å². The maximum Gasteiger partial charge on any atom is 0.271 e. The predicted octanol–water partition coefficient (Wildman–Crippen LogP) is 1.29. The SMILES string of the molecule is CC(=O)NC1C(=O)N(C2CCC(F)(F)CC2)N=C1C. The van der Waals surface area contributed by atoms with E-state index in [1.165, 1.54) is 11.9 Å². The smallest absolute Gasteiger partial charge is 0.271 e. The molecule has 1 aliphatic carbocycles. The Kier molecular flexibility index (Phi) is 3.56. The Labute approximate surface area is 110 Å². The molecular weight excluding hydrogens is 256 g/mol. The molecule has 0 radical (unpaired) electrons. The summed E-state index contributed by atoms with van der Waals surface area (Å²) in [7, 11) is 0. The third-order valence-corrected chi connectivity index (χ3v) is 3.54. The first-order valence-corrected chi connectivity index (χ1v) is 6.33. The number of nitrogens with zero attached hydrogens (tertiary/aromatic N) is 2. The number of rotatable bonds is 2. The molecule has 1 heterocycles. The van der Waals surface area contributed by atoms with Crippen molar-refractivity contribution in [2.24, 2.45) is 5.10 Å². The lowest BCUT2D eigenvalue weighted by Gasteiger charge is -2.32. The van der Waals surface area contributed by atoms with Crippen LogP contribution in [-0.2, 0) is 9.59 Å². The number of halogens is 2. The summed E-state index contributed by atoms with van der Waals surface area (Å²) < 4.78 is 26.2. The Morgan fingerprint density at radius 1 is 1.42 bits per heavy atom. The zero-order chi connectivity index (χ0) is 14.2. The molecule has 2 amide bonds. The van der Waals surface area contributed by atoms with E-state index in [1.54, 1.807) is 6.92 Å². The van der Waals surface area contributed by atoms with Crippen LogP contribution in [-0.4, -0.2) is 40.5 Å². The number of amides is 2. The summed E-state index contributed by atoms with van der Waals surface area (Å²) in [5, 5.41) is 7.90. The van der Waals surface area contributed by atoms with Gasteiger partial charge in [-0.2, -0.15) is 5.10 Å². The zero-order valence-electron chi connectivity index (χ0n) is 10.9. The van der Waals surface area contributed by atoms with Gasteiger partial charge in [0.2, 0.25) is 11.8 Å². The lowest BCUT2D eigenvalue weighted by molar-refractivity contribution is -0.137. The minimum atomic E-state index is -2.63. The number of hydrogen-bond acceptors (Lipinski definition) is 3. The van der Waals surface area contributed by atoms with Gasteiger partial charge in [0.15, 0.2) is 0 Å². The second-order valence-corrected chi connectivity index (χ2v) is 5.14. The summed E-state index contributed by atoms with van der Waals surface area (Å²) in [5.74, 6) is -3.28. The van der Waals surface area contributed by atoms with E-state index in [4.69, 9.17) is 0 Å². The van der Waals surface area contributed by atoms with Gasteiger partial charge in [0.05, 0.1) is 11.8 Å². The number of hydrazone groups is 1. The van der Waals surface area contributed by atoms with E-state index in [-0.39, 0.29) is 43.5 Å². The Hall–Kier alpha value is -1.53. The Morgan fingerprint density at radius 3 is 2.53 bits per heavy atom. The third kappa shape index (κ3) is 2.90. The van der Waals surface area contributed by atoms with Crippen molar-refractivity contribution in [3.05, 3.63) is 0 Å². The number of alkyl halides is 2. The third-order valence-electron chi connectivity index (χ3n) is 3.54. The first-order valence-electron chi connectivity index (χ1n) is 6.33. The van der Waals surface area contributed by atoms with Gasteiger partial charge >= 0.3 is 0 Å². The Morgan fingerprint density at radius 2 is 2.00 bits per heavy atom. The van der Waals surface area contributed by atoms with Crippen molar-refractivity contribution in [2.75, 3.05) is 0 Å². The monoisotopic (exact) mass is 273 g/mol. The van der Waals surface area contributed by atoms with E-state index in [2.05, 4.69) is 10.4 Å². The number of nitrogens with one attached hydrogen (secondary N) is 1. The van der Waals surface area contributed by atoms with Crippen LogP contribution in [0.15, 0.2) is 5.10 Å². The van der Waals surface area contributed by atoms with Crippen LogP contribution in [0.3, 0.4) is 0 Å². The first-order chi connectivity index (χ1) is 8.80. The highest BCUT2D eigenvalue weighted by molar-refractivity contribution is 6.12. The summed E-state index contributed by atoms with van der Waals surface area (Å²) >= 11 is 0. The zero-order valence-corrected chi connectivity index (χ0v) is 10.9. The average Bonchev–Trinajstić information content (AvgIpc) is 2.57. The molecule has 106 valence electrons. The summed E-state index contributed by atoms with van der Waals surface area (Å²) in [5.41, 5.74) is 0.498. The fourth-order valence-corrected chi connectivity index (χ4v) is 2.49. The molecule has 1 N–H and O–H groups in total. The van der Waals surface area contributed by atoms with Crippen LogP contribution in [0.2, 0.25) is 0 Å². The largest absolute Gasteiger partial charge is 0.340 e. The molecule has 0 aromatic heterocycles. The lowest BCUT2D eigenvalue weighted by Crippen LogP contribution is -2.48. The normalized spacial score (nSPS) is 27.4. The van der Waals surface area contributed by atoms with Gasteiger partial charge in [-0.3, -0.25) is 9.59 Å². The van der Waals surface area contributed by atoms with Gasteiger partial charge in [0.25, 0.3) is 5.91 Å². The van der Waals surface area contributed by atoms with E-state index >= 15 is 0 Å². The van der Waals surface area contributed by atoms with Crippen molar-refractivity contribution in [1.82, 2.24) is 10.3 Å². The van der Waals surface area contributed by atoms with Crippen molar-refractivity contribution in [3.8, 4) is 0 Å². The molecule has 0 aromatic carbocycles. The van der Waals surface area contributed by atoms with Crippen LogP contribution in [0.5, 0.6) is 0 Å². The van der Waals surface area contributed by atoms with Crippen molar-refractivity contribution < 1.29 is 18.4 Å². The van der Waals surface area contributed by atoms with Crippen LogP contribution < -0.4 is 5.32 Å². The molecule has 1 atom stereocenters. The molecule has 19 heavy (non-hydrogen) atoms. The molecular formula is C12H17F2N3O2. The topological polar surface area (TPSA) is 61.8 Å². The van der Waals surface area contributed by atoms with Crippen molar-refractivity contribution >= 4 is 17.5 Å². The molecule has 1 fully saturated rings. The maximum absolute atomic E-state index is 13.1. The van der Waals surface area contributed by atoms with Gasteiger partial charge in [-0.1, -0.05) is 0 Å². The molecule has 0 aromatic rings. The van der Waals surface area contributed by atoms with Crippen molar-refractivity contribution in [3.63, 3.8) is 0 Å². The second kappa shape index (κ2) is 4.86. The fraction of sp³-hybridized carbons (Fsp3) is 0.750. The molecule has 2 rings (SSSR count). The molecule has 1 unspecified atom stereocenters. The summed E-state index contributed by atoms with van der Waals surface area (Å²) in [6.07, 6.45) is 0.0340. The van der Waals surface area contributed by atoms with Crippen LogP contribution >= 0.6 is 0 Å². The summed E-state index contributed by atoms with van der Waals surface area (Å²) in [6, 6.07) is -1.04. The fourth-order valence-electron chi connectivity index (χ4n) is 2.49. The van der Waals surface area contributed by atoms with Gasteiger partial charge in [-0.25, -0.2) is 13.8 Å². The first kappa shape index (κ1) is 13.9. The molecule has 1 saturated carbocycles. The van der Waals surface area contributed by atoms with Crippen LogP contribution in [0, 0.1) is 0 Å². The predicted molar refractivity (Wildman–Crippen MR) is 64.8 cm³/mol. The number of carbonyl (C=O) groups is 2. The van der Waals surface area contributed by atoms with E-state index < -0.39 is 12.0 Å². The van der Waals surface area contributed by atoms with Crippen LogP contribution in [0.1, 0.15) is 39.5 Å². The second-order valence-electron chi connectivity index (χ2n) is 5.14. The van der Waals surface area contributed by atoms with Crippen LogP contribution in [0.25, 0.3) is 0 Å². The van der Waals surface area contributed by atoms with Gasteiger partial charge in [-0.15, -0.1) is 0 Å². The highest BCUT2D eigenvalue weighted by atomic mass is 19.3. The molecule has 7 heteroatoms. The van der Waals surface area contributed by atoms with E-state index in [1.807, 2.05) is 0 Å². The van der Waals surface area contributed by atoms with Crippen molar-refractivity contribution in [1.29, 1.82) is 0 Å². The van der Waals surface area contributed by atoms with E-state index in [0.29, 0.717) is 5.71 Å². The molecule has 5 nitrogen and oxygen atoms in total. The van der Waals surface area contributed by atoms with Gasteiger partial charge in [-0.05, 0) is 19.8 Å². The minimum absolute atomic E-state index is 0.221. The van der Waals surface area contributed by atoms with Gasteiger partial charge in [0, 0.05) is 19.8 Å². The highest BCUT2D eigenvalue weighted by Crippen LogP contribution is 2.36. The molecule has 0 saturated heterocycles. The van der Waals surface area contributed by atoms with Crippen molar-refractivity contribution in [2.45, 2.75) is 57.5 Å². The molecule has 2 aliphatic rings.